The second-order valence-corrected chi connectivity index (χ2v) is 6.34. The first kappa shape index (κ1) is 16.2. The number of thiocarbonyl (C=S) groups is 1. The van der Waals surface area contributed by atoms with Gasteiger partial charge in [0.15, 0.2) is 0 Å². The number of nitrogens with zero attached hydrogens (tertiary/aromatic N) is 2. The molecule has 0 atom stereocenters. The van der Waals surface area contributed by atoms with Crippen molar-refractivity contribution >= 4 is 29.0 Å². The summed E-state index contributed by atoms with van der Waals surface area (Å²) in [6.45, 7) is 2.31. The van der Waals surface area contributed by atoms with E-state index < -0.39 is 0 Å². The lowest BCUT2D eigenvalue weighted by Crippen LogP contribution is -2.17. The van der Waals surface area contributed by atoms with Gasteiger partial charge in [-0.1, -0.05) is 48.6 Å². The van der Waals surface area contributed by atoms with Gasteiger partial charge in [-0.3, -0.25) is 0 Å². The molecule has 2 N–H and O–H groups in total. The quantitative estimate of drug-likeness (QED) is 0.519. The molecule has 1 heterocycles. The van der Waals surface area contributed by atoms with Crippen LogP contribution in [0.15, 0.2) is 54.1 Å². The molecule has 0 radical (unpaired) electrons. The minimum absolute atomic E-state index is 0.124. The summed E-state index contributed by atoms with van der Waals surface area (Å²) in [7, 11) is 0. The maximum absolute atomic E-state index is 9.02. The first-order valence-electron chi connectivity index (χ1n) is 8.04. The van der Waals surface area contributed by atoms with Gasteiger partial charge < -0.3 is 10.6 Å². The molecule has 3 rings (SSSR count). The average Bonchev–Trinajstić information content (AvgIpc) is 3.15. The highest BCUT2D eigenvalue weighted by Gasteiger charge is 2.11. The van der Waals surface area contributed by atoms with Crippen LogP contribution < -0.4 is 10.6 Å². The van der Waals surface area contributed by atoms with Crippen molar-refractivity contribution in [2.24, 2.45) is 5.73 Å². The molecule has 24 heavy (non-hydrogen) atoms. The summed E-state index contributed by atoms with van der Waals surface area (Å²) in [4.78, 5) is 2.55. The molecule has 120 valence electrons. The lowest BCUT2D eigenvalue weighted by Gasteiger charge is -2.17. The summed E-state index contributed by atoms with van der Waals surface area (Å²) in [5, 5.41) is 9.02. The van der Waals surface area contributed by atoms with Crippen LogP contribution in [0.4, 0.5) is 5.69 Å². The highest BCUT2D eigenvalue weighted by Crippen LogP contribution is 2.26. The summed E-state index contributed by atoms with van der Waals surface area (Å²) in [6.07, 6.45) is 4.28. The maximum atomic E-state index is 9.02. The standard InChI is InChI=1S/C20H19N3S/c21-14-18(20(22)24)13-15-3-5-16(6-4-15)17-7-9-19(10-8-17)23-11-1-2-12-23/h3-10,13H,1-2,11-12H2,(H2,22,24)/b18-13+. The molecule has 4 heteroatoms. The molecular formula is C20H19N3S. The number of hydrogen-bond acceptors (Lipinski definition) is 3. The Morgan fingerprint density at radius 1 is 1.00 bits per heavy atom. The smallest absolute Gasteiger partial charge is 0.114 e. The van der Waals surface area contributed by atoms with Gasteiger partial charge in [0.25, 0.3) is 0 Å². The van der Waals surface area contributed by atoms with Crippen LogP contribution in [0.3, 0.4) is 0 Å². The Morgan fingerprint density at radius 3 is 2.04 bits per heavy atom. The van der Waals surface area contributed by atoms with E-state index in [4.69, 9.17) is 23.2 Å². The topological polar surface area (TPSA) is 53.0 Å². The second-order valence-electron chi connectivity index (χ2n) is 5.90. The molecule has 1 fully saturated rings. The Labute approximate surface area is 148 Å². The van der Waals surface area contributed by atoms with Gasteiger partial charge in [-0.25, -0.2) is 0 Å². The van der Waals surface area contributed by atoms with E-state index in [-0.39, 0.29) is 4.99 Å². The van der Waals surface area contributed by atoms with Gasteiger partial charge in [0.2, 0.25) is 0 Å². The first-order chi connectivity index (χ1) is 11.7. The predicted octanol–water partition coefficient (Wildman–Crippen LogP) is 4.15. The molecule has 0 aliphatic carbocycles. The zero-order valence-electron chi connectivity index (χ0n) is 13.4. The van der Waals surface area contributed by atoms with E-state index in [1.807, 2.05) is 30.3 Å². The molecule has 0 amide bonds. The van der Waals surface area contributed by atoms with Crippen LogP contribution in [0.5, 0.6) is 0 Å². The Morgan fingerprint density at radius 2 is 1.54 bits per heavy atom. The van der Waals surface area contributed by atoms with Crippen molar-refractivity contribution in [3.05, 3.63) is 59.7 Å². The van der Waals surface area contributed by atoms with Gasteiger partial charge in [0.1, 0.15) is 11.1 Å². The summed E-state index contributed by atoms with van der Waals surface area (Å²) < 4.78 is 0. The summed E-state index contributed by atoms with van der Waals surface area (Å²) in [6, 6.07) is 18.8. The van der Waals surface area contributed by atoms with Crippen molar-refractivity contribution in [3.8, 4) is 17.2 Å². The maximum Gasteiger partial charge on any atom is 0.114 e. The van der Waals surface area contributed by atoms with E-state index in [0.717, 1.165) is 24.2 Å². The largest absolute Gasteiger partial charge is 0.389 e. The number of hydrogen-bond donors (Lipinski definition) is 1. The van der Waals surface area contributed by atoms with Gasteiger partial charge >= 0.3 is 0 Å². The number of rotatable bonds is 4. The van der Waals surface area contributed by atoms with Crippen molar-refractivity contribution < 1.29 is 0 Å². The minimum atomic E-state index is 0.124. The van der Waals surface area contributed by atoms with Gasteiger partial charge in [-0.15, -0.1) is 0 Å². The van der Waals surface area contributed by atoms with Crippen LogP contribution in [0.1, 0.15) is 18.4 Å². The number of anilines is 1. The Hall–Kier alpha value is -2.64. The SMILES string of the molecule is N#C/C(=C\c1ccc(-c2ccc(N3CCCC3)cc2)cc1)C(N)=S. The van der Waals surface area contributed by atoms with Gasteiger partial charge in [-0.05, 0) is 47.7 Å². The van der Waals surface area contributed by atoms with Crippen molar-refractivity contribution in [1.82, 2.24) is 0 Å². The third kappa shape index (κ3) is 3.64. The number of benzene rings is 2. The molecular weight excluding hydrogens is 314 g/mol. The van der Waals surface area contributed by atoms with Gasteiger partial charge in [-0.2, -0.15) is 5.26 Å². The molecule has 3 nitrogen and oxygen atoms in total. The van der Waals surface area contributed by atoms with Crippen LogP contribution in [-0.2, 0) is 0 Å². The van der Waals surface area contributed by atoms with Crippen LogP contribution in [0.2, 0.25) is 0 Å². The second kappa shape index (κ2) is 7.29. The monoisotopic (exact) mass is 333 g/mol. The fourth-order valence-corrected chi connectivity index (χ4v) is 3.04. The minimum Gasteiger partial charge on any atom is -0.389 e. The summed E-state index contributed by atoms with van der Waals surface area (Å²) in [5.41, 5.74) is 10.4. The van der Waals surface area contributed by atoms with Crippen LogP contribution >= 0.6 is 12.2 Å². The normalized spacial score (nSPS) is 14.5. The van der Waals surface area contributed by atoms with Crippen LogP contribution in [-0.4, -0.2) is 18.1 Å². The molecule has 1 aliphatic rings. The Kier molecular flexibility index (Phi) is 4.93. The molecule has 2 aromatic carbocycles. The predicted molar refractivity (Wildman–Crippen MR) is 104 cm³/mol. The average molecular weight is 333 g/mol. The van der Waals surface area contributed by atoms with Crippen molar-refractivity contribution in [2.75, 3.05) is 18.0 Å². The van der Waals surface area contributed by atoms with Crippen LogP contribution in [0, 0.1) is 11.3 Å². The fraction of sp³-hybridized carbons (Fsp3) is 0.200. The van der Waals surface area contributed by atoms with E-state index in [1.54, 1.807) is 6.08 Å². The molecule has 0 spiro atoms. The van der Waals surface area contributed by atoms with Gasteiger partial charge in [0, 0.05) is 18.8 Å². The van der Waals surface area contributed by atoms with E-state index in [9.17, 15) is 0 Å². The number of nitriles is 1. The molecule has 2 aromatic rings. The van der Waals surface area contributed by atoms with Crippen LogP contribution in [0.25, 0.3) is 17.2 Å². The first-order valence-corrected chi connectivity index (χ1v) is 8.45. The highest BCUT2D eigenvalue weighted by molar-refractivity contribution is 7.80. The summed E-state index contributed by atoms with van der Waals surface area (Å²) in [5.74, 6) is 0. The molecule has 1 saturated heterocycles. The van der Waals surface area contributed by atoms with E-state index >= 15 is 0 Å². The number of nitrogens with two attached hydrogens (primary N) is 1. The zero-order chi connectivity index (χ0) is 16.9. The van der Waals surface area contributed by atoms with E-state index in [0.29, 0.717) is 5.57 Å². The highest BCUT2D eigenvalue weighted by atomic mass is 32.1. The Balaban J connectivity index is 1.78. The molecule has 1 aliphatic heterocycles. The lowest BCUT2D eigenvalue weighted by molar-refractivity contribution is 0.949. The molecule has 0 aromatic heterocycles. The summed E-state index contributed by atoms with van der Waals surface area (Å²) >= 11 is 4.86. The fourth-order valence-electron chi connectivity index (χ4n) is 2.94. The van der Waals surface area contributed by atoms with E-state index in [1.165, 1.54) is 24.1 Å². The van der Waals surface area contributed by atoms with Gasteiger partial charge in [0.05, 0.1) is 5.57 Å². The third-order valence-corrected chi connectivity index (χ3v) is 4.50. The third-order valence-electron chi connectivity index (χ3n) is 4.28. The molecule has 0 bridgehead atoms. The van der Waals surface area contributed by atoms with E-state index in [2.05, 4.69) is 29.2 Å². The van der Waals surface area contributed by atoms with Crippen molar-refractivity contribution in [2.45, 2.75) is 12.8 Å². The Bertz CT molecular complexity index is 792. The van der Waals surface area contributed by atoms with Crippen molar-refractivity contribution in [3.63, 3.8) is 0 Å². The zero-order valence-corrected chi connectivity index (χ0v) is 14.2. The lowest BCUT2D eigenvalue weighted by atomic mass is 10.0. The molecule has 0 unspecified atom stereocenters. The van der Waals surface area contributed by atoms with Crippen molar-refractivity contribution in [1.29, 1.82) is 5.26 Å². The molecule has 0 saturated carbocycles.